The average molecular weight is 391 g/mol. The van der Waals surface area contributed by atoms with Crippen molar-refractivity contribution in [3.05, 3.63) is 42.7 Å². The number of hydrogen-bond acceptors (Lipinski definition) is 6. The molecular formula is C19H25N3O4S. The number of aromatic nitrogens is 1. The summed E-state index contributed by atoms with van der Waals surface area (Å²) in [5, 5.41) is 0. The van der Waals surface area contributed by atoms with Gasteiger partial charge in [0.15, 0.2) is 11.5 Å². The van der Waals surface area contributed by atoms with Gasteiger partial charge in [-0.3, -0.25) is 4.98 Å². The van der Waals surface area contributed by atoms with Crippen molar-refractivity contribution in [2.75, 3.05) is 38.8 Å². The van der Waals surface area contributed by atoms with Crippen LogP contribution < -0.4 is 19.1 Å². The third kappa shape index (κ3) is 4.70. The van der Waals surface area contributed by atoms with Gasteiger partial charge in [-0.2, -0.15) is 0 Å². The van der Waals surface area contributed by atoms with E-state index in [1.807, 2.05) is 12.1 Å². The number of piperidine rings is 1. The van der Waals surface area contributed by atoms with Gasteiger partial charge in [0.2, 0.25) is 10.0 Å². The third-order valence-corrected chi connectivity index (χ3v) is 6.29. The van der Waals surface area contributed by atoms with Crippen molar-refractivity contribution in [3.63, 3.8) is 0 Å². The number of nitrogens with zero attached hydrogens (tertiary/aromatic N) is 2. The Morgan fingerprint density at radius 2 is 1.74 bits per heavy atom. The van der Waals surface area contributed by atoms with E-state index in [0.29, 0.717) is 24.0 Å². The molecule has 0 amide bonds. The summed E-state index contributed by atoms with van der Waals surface area (Å²) >= 11 is 0. The summed E-state index contributed by atoms with van der Waals surface area (Å²) in [6.07, 6.45) is 5.46. The molecule has 3 rings (SSSR count). The molecule has 0 spiro atoms. The van der Waals surface area contributed by atoms with E-state index in [0.717, 1.165) is 31.6 Å². The topological polar surface area (TPSA) is 80.8 Å². The van der Waals surface area contributed by atoms with E-state index >= 15 is 0 Å². The summed E-state index contributed by atoms with van der Waals surface area (Å²) in [5.41, 5.74) is 1.16. The Morgan fingerprint density at radius 1 is 1.07 bits per heavy atom. The van der Waals surface area contributed by atoms with Crippen molar-refractivity contribution < 1.29 is 17.9 Å². The molecule has 7 nitrogen and oxygen atoms in total. The van der Waals surface area contributed by atoms with Crippen molar-refractivity contribution in [1.82, 2.24) is 9.71 Å². The first kappa shape index (κ1) is 19.4. The van der Waals surface area contributed by atoms with E-state index < -0.39 is 10.0 Å². The number of methoxy groups -OCH3 is 2. The Bertz CT molecular complexity index is 851. The van der Waals surface area contributed by atoms with Crippen molar-refractivity contribution in [2.24, 2.45) is 5.92 Å². The number of ether oxygens (including phenoxy) is 2. The minimum absolute atomic E-state index is 0.175. The minimum Gasteiger partial charge on any atom is -0.493 e. The zero-order valence-corrected chi connectivity index (χ0v) is 16.4. The number of hydrogen-bond donors (Lipinski definition) is 1. The predicted molar refractivity (Wildman–Crippen MR) is 104 cm³/mol. The smallest absolute Gasteiger partial charge is 0.240 e. The molecule has 1 aliphatic heterocycles. The number of rotatable bonds is 7. The molecule has 1 aromatic carbocycles. The van der Waals surface area contributed by atoms with Gasteiger partial charge in [-0.25, -0.2) is 13.1 Å². The molecular weight excluding hydrogens is 366 g/mol. The SMILES string of the molecule is COc1ccc(S(=O)(=O)NCC2CCN(c3ccncc3)CC2)cc1OC. The second-order valence-electron chi connectivity index (χ2n) is 6.50. The molecule has 8 heteroatoms. The average Bonchev–Trinajstić information content (AvgIpc) is 2.72. The first-order chi connectivity index (χ1) is 13.0. The molecule has 0 radical (unpaired) electrons. The molecule has 1 fully saturated rings. The molecule has 0 atom stereocenters. The lowest BCUT2D eigenvalue weighted by atomic mass is 9.97. The van der Waals surface area contributed by atoms with Crippen LogP contribution in [0.3, 0.4) is 0 Å². The Kier molecular flexibility index (Phi) is 6.18. The van der Waals surface area contributed by atoms with Gasteiger partial charge in [-0.1, -0.05) is 0 Å². The van der Waals surface area contributed by atoms with Gasteiger partial charge in [0, 0.05) is 43.8 Å². The molecule has 1 N–H and O–H groups in total. The summed E-state index contributed by atoms with van der Waals surface area (Å²) in [7, 11) is -0.589. The normalized spacial score (nSPS) is 15.6. The largest absolute Gasteiger partial charge is 0.493 e. The van der Waals surface area contributed by atoms with E-state index in [4.69, 9.17) is 9.47 Å². The van der Waals surface area contributed by atoms with Gasteiger partial charge >= 0.3 is 0 Å². The molecule has 2 heterocycles. The molecule has 146 valence electrons. The van der Waals surface area contributed by atoms with Gasteiger partial charge in [-0.05, 0) is 43.0 Å². The first-order valence-corrected chi connectivity index (χ1v) is 10.4. The Labute approximate surface area is 160 Å². The second kappa shape index (κ2) is 8.58. The van der Waals surface area contributed by atoms with Gasteiger partial charge in [-0.15, -0.1) is 0 Å². The van der Waals surface area contributed by atoms with Crippen LogP contribution in [0.4, 0.5) is 5.69 Å². The maximum atomic E-state index is 12.6. The van der Waals surface area contributed by atoms with Crippen molar-refractivity contribution in [1.29, 1.82) is 0 Å². The van der Waals surface area contributed by atoms with Crippen LogP contribution in [0, 0.1) is 5.92 Å². The van der Waals surface area contributed by atoms with Crippen molar-refractivity contribution in [3.8, 4) is 11.5 Å². The van der Waals surface area contributed by atoms with Gasteiger partial charge in [0.05, 0.1) is 19.1 Å². The van der Waals surface area contributed by atoms with Crippen LogP contribution in [-0.4, -0.2) is 47.3 Å². The minimum atomic E-state index is -3.59. The summed E-state index contributed by atoms with van der Waals surface area (Å²) in [6, 6.07) is 8.60. The fraction of sp³-hybridized carbons (Fsp3) is 0.421. The zero-order valence-electron chi connectivity index (χ0n) is 15.6. The van der Waals surface area contributed by atoms with Crippen LogP contribution in [0.1, 0.15) is 12.8 Å². The molecule has 0 saturated carbocycles. The van der Waals surface area contributed by atoms with E-state index in [-0.39, 0.29) is 4.90 Å². The number of anilines is 1. The van der Waals surface area contributed by atoms with Gasteiger partial charge in [0.1, 0.15) is 0 Å². The van der Waals surface area contributed by atoms with E-state index in [2.05, 4.69) is 14.6 Å². The number of pyridine rings is 1. The van der Waals surface area contributed by atoms with Crippen LogP contribution in [0.2, 0.25) is 0 Å². The predicted octanol–water partition coefficient (Wildman–Crippen LogP) is 2.29. The molecule has 1 saturated heterocycles. The molecule has 0 bridgehead atoms. The monoisotopic (exact) mass is 391 g/mol. The van der Waals surface area contributed by atoms with E-state index in [9.17, 15) is 8.42 Å². The van der Waals surface area contributed by atoms with Crippen LogP contribution in [0.25, 0.3) is 0 Å². The summed E-state index contributed by atoms with van der Waals surface area (Å²) in [5.74, 6) is 1.21. The molecule has 0 aliphatic carbocycles. The van der Waals surface area contributed by atoms with E-state index in [1.165, 1.54) is 26.4 Å². The van der Waals surface area contributed by atoms with Crippen LogP contribution in [0.5, 0.6) is 11.5 Å². The first-order valence-electron chi connectivity index (χ1n) is 8.90. The lowest BCUT2D eigenvalue weighted by molar-refractivity contribution is 0.353. The summed E-state index contributed by atoms with van der Waals surface area (Å²) in [6.45, 7) is 2.25. The fourth-order valence-corrected chi connectivity index (χ4v) is 4.38. The fourth-order valence-electron chi connectivity index (χ4n) is 3.24. The molecule has 1 aliphatic rings. The van der Waals surface area contributed by atoms with Crippen LogP contribution >= 0.6 is 0 Å². The Hall–Kier alpha value is -2.32. The molecule has 1 aromatic heterocycles. The van der Waals surface area contributed by atoms with Crippen molar-refractivity contribution >= 4 is 15.7 Å². The molecule has 0 unspecified atom stereocenters. The van der Waals surface area contributed by atoms with Gasteiger partial charge < -0.3 is 14.4 Å². The maximum absolute atomic E-state index is 12.6. The Balaban J connectivity index is 1.57. The highest BCUT2D eigenvalue weighted by Crippen LogP contribution is 2.29. The Morgan fingerprint density at radius 3 is 2.37 bits per heavy atom. The lowest BCUT2D eigenvalue weighted by Crippen LogP contribution is -2.38. The lowest BCUT2D eigenvalue weighted by Gasteiger charge is -2.33. The van der Waals surface area contributed by atoms with Crippen molar-refractivity contribution in [2.45, 2.75) is 17.7 Å². The number of nitrogens with one attached hydrogen (secondary N) is 1. The highest BCUT2D eigenvalue weighted by atomic mass is 32.2. The van der Waals surface area contributed by atoms with Crippen LogP contribution in [-0.2, 0) is 10.0 Å². The maximum Gasteiger partial charge on any atom is 0.240 e. The van der Waals surface area contributed by atoms with E-state index in [1.54, 1.807) is 18.5 Å². The second-order valence-corrected chi connectivity index (χ2v) is 8.27. The summed E-state index contributed by atoms with van der Waals surface area (Å²) < 4.78 is 38.3. The molecule has 2 aromatic rings. The zero-order chi connectivity index (χ0) is 19.3. The third-order valence-electron chi connectivity index (χ3n) is 4.87. The molecule has 27 heavy (non-hydrogen) atoms. The highest BCUT2D eigenvalue weighted by Gasteiger charge is 2.23. The number of sulfonamides is 1. The number of benzene rings is 1. The quantitative estimate of drug-likeness (QED) is 0.780. The summed E-state index contributed by atoms with van der Waals surface area (Å²) in [4.78, 5) is 6.53. The van der Waals surface area contributed by atoms with Gasteiger partial charge in [0.25, 0.3) is 0 Å². The standard InChI is InChI=1S/C19H25N3O4S/c1-25-18-4-3-17(13-19(18)26-2)27(23,24)21-14-15-7-11-22(12-8-15)16-5-9-20-10-6-16/h3-6,9-10,13,15,21H,7-8,11-12,14H2,1-2H3. The van der Waals surface area contributed by atoms with Crippen LogP contribution in [0.15, 0.2) is 47.6 Å². The highest BCUT2D eigenvalue weighted by molar-refractivity contribution is 7.89.